The van der Waals surface area contributed by atoms with Gasteiger partial charge in [-0.2, -0.15) is 0 Å². The fraction of sp³-hybridized carbons (Fsp3) is 0.941. The van der Waals surface area contributed by atoms with Crippen molar-refractivity contribution in [1.82, 2.24) is 5.32 Å². The molecule has 0 radical (unpaired) electrons. The molecular weight excluding hydrogens is 266 g/mol. The Kier molecular flexibility index (Phi) is 11.4. The Morgan fingerprint density at radius 3 is 2.05 bits per heavy atom. The highest BCUT2D eigenvalue weighted by atomic mass is 16.6. The smallest absolute Gasteiger partial charge is 0.407 e. The van der Waals surface area contributed by atoms with E-state index >= 15 is 0 Å². The van der Waals surface area contributed by atoms with E-state index in [1.807, 2.05) is 20.8 Å². The van der Waals surface area contributed by atoms with Crippen molar-refractivity contribution in [3.63, 3.8) is 0 Å². The average Bonchev–Trinajstić information content (AvgIpc) is 2.38. The van der Waals surface area contributed by atoms with Gasteiger partial charge in [-0.15, -0.1) is 0 Å². The molecule has 0 bridgehead atoms. The maximum atomic E-state index is 11.6. The number of rotatable bonds is 11. The first kappa shape index (κ1) is 20.2. The quantitative estimate of drug-likeness (QED) is 0.556. The molecule has 0 unspecified atom stereocenters. The number of aliphatic hydroxyl groups excluding tert-OH is 1. The molecule has 0 aliphatic carbocycles. The molecule has 0 spiro atoms. The summed E-state index contributed by atoms with van der Waals surface area (Å²) in [5.41, 5.74) is -0.497. The zero-order chi connectivity index (χ0) is 16.1. The molecule has 4 heteroatoms. The normalized spacial score (nSPS) is 13.0. The minimum Gasteiger partial charge on any atom is -0.444 e. The number of carbonyl (C=O) groups is 1. The highest BCUT2D eigenvalue weighted by Gasteiger charge is 2.18. The molecule has 0 aromatic carbocycles. The van der Waals surface area contributed by atoms with E-state index in [0.717, 1.165) is 12.8 Å². The summed E-state index contributed by atoms with van der Waals surface area (Å²) in [5.74, 6) is 0. The number of hydrogen-bond acceptors (Lipinski definition) is 3. The maximum absolute atomic E-state index is 11.6. The van der Waals surface area contributed by atoms with Gasteiger partial charge in [-0.1, -0.05) is 58.3 Å². The summed E-state index contributed by atoms with van der Waals surface area (Å²) in [7, 11) is 0. The molecule has 0 aromatic rings. The molecule has 4 nitrogen and oxygen atoms in total. The van der Waals surface area contributed by atoms with Crippen LogP contribution in [0, 0.1) is 0 Å². The summed E-state index contributed by atoms with van der Waals surface area (Å²) in [6.45, 7) is 7.69. The van der Waals surface area contributed by atoms with Gasteiger partial charge in [0.2, 0.25) is 0 Å². The Morgan fingerprint density at radius 2 is 1.57 bits per heavy atom. The van der Waals surface area contributed by atoms with E-state index in [2.05, 4.69) is 12.2 Å². The van der Waals surface area contributed by atoms with Crippen molar-refractivity contribution in [2.75, 3.05) is 6.61 Å². The molecule has 0 rings (SSSR count). The maximum Gasteiger partial charge on any atom is 0.407 e. The second-order valence-corrected chi connectivity index (χ2v) is 6.79. The predicted molar refractivity (Wildman–Crippen MR) is 87.5 cm³/mol. The van der Waals surface area contributed by atoms with Crippen LogP contribution in [0.4, 0.5) is 4.79 Å². The third-order valence-electron chi connectivity index (χ3n) is 3.35. The molecule has 0 saturated heterocycles. The van der Waals surface area contributed by atoms with Gasteiger partial charge in [0.25, 0.3) is 0 Å². The predicted octanol–water partition coefficient (Wildman–Crippen LogP) is 4.40. The van der Waals surface area contributed by atoms with Crippen LogP contribution in [0.3, 0.4) is 0 Å². The molecular formula is C17H35NO3. The van der Waals surface area contributed by atoms with Crippen molar-refractivity contribution in [1.29, 1.82) is 0 Å². The van der Waals surface area contributed by atoms with Crippen LogP contribution in [0.25, 0.3) is 0 Å². The second-order valence-electron chi connectivity index (χ2n) is 6.79. The van der Waals surface area contributed by atoms with Crippen LogP contribution in [0.15, 0.2) is 0 Å². The first-order valence-corrected chi connectivity index (χ1v) is 8.49. The third-order valence-corrected chi connectivity index (χ3v) is 3.35. The third kappa shape index (κ3) is 13.9. The van der Waals surface area contributed by atoms with Gasteiger partial charge in [0, 0.05) is 0 Å². The van der Waals surface area contributed by atoms with Crippen molar-refractivity contribution < 1.29 is 14.6 Å². The number of unbranched alkanes of at least 4 members (excludes halogenated alkanes) is 7. The first-order chi connectivity index (χ1) is 9.89. The minimum absolute atomic E-state index is 0.0320. The number of nitrogens with one attached hydrogen (secondary N) is 1. The van der Waals surface area contributed by atoms with E-state index < -0.39 is 11.7 Å². The van der Waals surface area contributed by atoms with Crippen LogP contribution in [0.2, 0.25) is 0 Å². The number of ether oxygens (including phenoxy) is 1. The molecule has 0 heterocycles. The Bertz CT molecular complexity index is 261. The lowest BCUT2D eigenvalue weighted by molar-refractivity contribution is 0.0478. The van der Waals surface area contributed by atoms with Crippen LogP contribution in [0.1, 0.15) is 85.5 Å². The Hall–Kier alpha value is -0.770. The molecule has 1 amide bonds. The van der Waals surface area contributed by atoms with Crippen LogP contribution >= 0.6 is 0 Å². The van der Waals surface area contributed by atoms with E-state index in [1.54, 1.807) is 0 Å². The van der Waals surface area contributed by atoms with Gasteiger partial charge in [0.05, 0.1) is 12.6 Å². The van der Waals surface area contributed by atoms with Gasteiger partial charge in [0.15, 0.2) is 0 Å². The number of hydrogen-bond donors (Lipinski definition) is 2. The molecule has 0 aromatic heterocycles. The number of carbonyl (C=O) groups excluding carboxylic acids is 1. The monoisotopic (exact) mass is 301 g/mol. The fourth-order valence-corrected chi connectivity index (χ4v) is 2.21. The minimum atomic E-state index is -0.497. The number of aliphatic hydroxyl groups is 1. The van der Waals surface area contributed by atoms with Gasteiger partial charge in [-0.3, -0.25) is 0 Å². The van der Waals surface area contributed by atoms with Crippen LogP contribution in [-0.4, -0.2) is 29.4 Å². The summed E-state index contributed by atoms with van der Waals surface area (Å²) in [6.07, 6.45) is 10.4. The van der Waals surface area contributed by atoms with Gasteiger partial charge < -0.3 is 15.2 Å². The molecule has 0 aliphatic rings. The van der Waals surface area contributed by atoms with Gasteiger partial charge in [0.1, 0.15) is 5.60 Å². The zero-order valence-electron chi connectivity index (χ0n) is 14.4. The van der Waals surface area contributed by atoms with Gasteiger partial charge in [-0.25, -0.2) is 4.79 Å². The number of amides is 1. The van der Waals surface area contributed by atoms with Gasteiger partial charge >= 0.3 is 6.09 Å². The van der Waals surface area contributed by atoms with E-state index in [0.29, 0.717) is 0 Å². The SMILES string of the molecule is CCCCCCCCCC[C@H](CO)NC(=O)OC(C)(C)C. The lowest BCUT2D eigenvalue weighted by atomic mass is 10.0. The van der Waals surface area contributed by atoms with Crippen molar-refractivity contribution in [2.24, 2.45) is 0 Å². The Morgan fingerprint density at radius 1 is 1.05 bits per heavy atom. The zero-order valence-corrected chi connectivity index (χ0v) is 14.4. The summed E-state index contributed by atoms with van der Waals surface area (Å²) < 4.78 is 5.19. The summed E-state index contributed by atoms with van der Waals surface area (Å²) >= 11 is 0. The molecule has 21 heavy (non-hydrogen) atoms. The lowest BCUT2D eigenvalue weighted by Crippen LogP contribution is -2.41. The largest absolute Gasteiger partial charge is 0.444 e. The molecule has 1 atom stereocenters. The fourth-order valence-electron chi connectivity index (χ4n) is 2.21. The Labute approximate surface area is 130 Å². The topological polar surface area (TPSA) is 58.6 Å². The van der Waals surface area contributed by atoms with E-state index in [9.17, 15) is 9.90 Å². The van der Waals surface area contributed by atoms with Crippen LogP contribution < -0.4 is 5.32 Å². The standard InChI is InChI=1S/C17H35NO3/c1-5-6-7-8-9-10-11-12-13-15(14-19)18-16(20)21-17(2,3)4/h15,19H,5-14H2,1-4H3,(H,18,20)/t15-/m1/s1. The summed E-state index contributed by atoms with van der Waals surface area (Å²) in [5, 5.41) is 12.0. The van der Waals surface area contributed by atoms with E-state index in [-0.39, 0.29) is 12.6 Å². The Balaban J connectivity index is 3.64. The van der Waals surface area contributed by atoms with Crippen molar-refractivity contribution in [3.8, 4) is 0 Å². The molecule has 0 fully saturated rings. The second kappa shape index (κ2) is 11.8. The number of alkyl carbamates (subject to hydrolysis) is 1. The van der Waals surface area contributed by atoms with E-state index in [4.69, 9.17) is 4.74 Å². The average molecular weight is 301 g/mol. The molecule has 0 aliphatic heterocycles. The first-order valence-electron chi connectivity index (χ1n) is 8.49. The van der Waals surface area contributed by atoms with Crippen LogP contribution in [0.5, 0.6) is 0 Å². The summed E-state index contributed by atoms with van der Waals surface area (Å²) in [6, 6.07) is -0.194. The van der Waals surface area contributed by atoms with Crippen molar-refractivity contribution >= 4 is 6.09 Å². The van der Waals surface area contributed by atoms with Crippen molar-refractivity contribution in [3.05, 3.63) is 0 Å². The van der Waals surface area contributed by atoms with Crippen molar-refractivity contribution in [2.45, 2.75) is 97.1 Å². The molecule has 0 saturated carbocycles. The highest BCUT2D eigenvalue weighted by molar-refractivity contribution is 5.68. The summed E-state index contributed by atoms with van der Waals surface area (Å²) in [4.78, 5) is 11.6. The van der Waals surface area contributed by atoms with Gasteiger partial charge in [-0.05, 0) is 27.2 Å². The lowest BCUT2D eigenvalue weighted by Gasteiger charge is -2.22. The molecule has 126 valence electrons. The van der Waals surface area contributed by atoms with Crippen LogP contribution in [-0.2, 0) is 4.74 Å². The highest BCUT2D eigenvalue weighted by Crippen LogP contribution is 2.11. The molecule has 2 N–H and O–H groups in total. The van der Waals surface area contributed by atoms with E-state index in [1.165, 1.54) is 44.9 Å².